The van der Waals surface area contributed by atoms with Gasteiger partial charge in [-0.3, -0.25) is 10.2 Å². The Morgan fingerprint density at radius 3 is 2.21 bits per heavy atom. The van der Waals surface area contributed by atoms with Gasteiger partial charge in [-0.15, -0.1) is 0 Å². The molecule has 0 saturated heterocycles. The fourth-order valence-corrected chi connectivity index (χ4v) is 3.50. The van der Waals surface area contributed by atoms with E-state index in [4.69, 9.17) is 11.6 Å². The van der Waals surface area contributed by atoms with E-state index in [1.807, 2.05) is 44.4 Å². The number of halogens is 1. The van der Waals surface area contributed by atoms with Crippen LogP contribution >= 0.6 is 11.6 Å². The summed E-state index contributed by atoms with van der Waals surface area (Å²) >= 11 is 5.99. The van der Waals surface area contributed by atoms with Crippen LogP contribution in [0.1, 0.15) is 27.5 Å². The predicted octanol–water partition coefficient (Wildman–Crippen LogP) is 5.15. The van der Waals surface area contributed by atoms with E-state index >= 15 is 0 Å². The number of hydrogen-bond donors (Lipinski definition) is 1. The summed E-state index contributed by atoms with van der Waals surface area (Å²) in [4.78, 5) is 15.3. The van der Waals surface area contributed by atoms with E-state index in [2.05, 4.69) is 40.7 Å². The summed E-state index contributed by atoms with van der Waals surface area (Å²) in [6.07, 6.45) is 2.09. The van der Waals surface area contributed by atoms with Crippen molar-refractivity contribution in [1.82, 2.24) is 10.4 Å². The molecule has 0 bridgehead atoms. The van der Waals surface area contributed by atoms with Crippen molar-refractivity contribution in [2.24, 2.45) is 0 Å². The second kappa shape index (κ2) is 8.02. The van der Waals surface area contributed by atoms with Crippen LogP contribution in [0.3, 0.4) is 0 Å². The summed E-state index contributed by atoms with van der Waals surface area (Å²) in [5, 5.41) is 2.28. The van der Waals surface area contributed by atoms with Crippen LogP contribution in [0, 0.1) is 0 Å². The molecule has 0 radical (unpaired) electrons. The number of nitrogens with one attached hydrogen (secondary N) is 1. The van der Waals surface area contributed by atoms with Crippen LogP contribution < -0.4 is 10.3 Å². The minimum absolute atomic E-state index is 0.106. The summed E-state index contributed by atoms with van der Waals surface area (Å²) in [7, 11) is 4.02. The van der Waals surface area contributed by atoms with E-state index in [1.165, 1.54) is 0 Å². The van der Waals surface area contributed by atoms with Crippen molar-refractivity contribution in [2.75, 3.05) is 19.0 Å². The topological polar surface area (TPSA) is 35.6 Å². The molecule has 1 N–H and O–H groups in total. The van der Waals surface area contributed by atoms with Gasteiger partial charge in [-0.1, -0.05) is 54.1 Å². The number of carbonyl (C=O) groups excluding carboxylic acids is 1. The summed E-state index contributed by atoms with van der Waals surface area (Å²) in [6, 6.07) is 25.0. The first-order chi connectivity index (χ1) is 14.0. The van der Waals surface area contributed by atoms with Crippen molar-refractivity contribution in [1.29, 1.82) is 0 Å². The van der Waals surface area contributed by atoms with Gasteiger partial charge in [0.2, 0.25) is 0 Å². The molecule has 1 aliphatic heterocycles. The van der Waals surface area contributed by atoms with Crippen LogP contribution in [0.5, 0.6) is 0 Å². The highest BCUT2D eigenvalue weighted by Gasteiger charge is 2.31. The van der Waals surface area contributed by atoms with E-state index in [1.54, 1.807) is 29.3 Å². The van der Waals surface area contributed by atoms with Gasteiger partial charge in [0.1, 0.15) is 0 Å². The summed E-state index contributed by atoms with van der Waals surface area (Å²) < 4.78 is 0. The molecule has 29 heavy (non-hydrogen) atoms. The molecule has 0 unspecified atom stereocenters. The molecule has 3 aromatic rings. The maximum atomic E-state index is 13.3. The average molecular weight is 404 g/mol. The van der Waals surface area contributed by atoms with Crippen molar-refractivity contribution in [2.45, 2.75) is 6.04 Å². The molecule has 4 nitrogen and oxygen atoms in total. The third kappa shape index (κ3) is 3.98. The molecule has 0 aliphatic carbocycles. The molecule has 5 heteroatoms. The fourth-order valence-electron chi connectivity index (χ4n) is 3.37. The molecule has 1 aliphatic rings. The molecular formula is C24H22ClN3O. The van der Waals surface area contributed by atoms with Crippen LogP contribution in [0.2, 0.25) is 5.02 Å². The normalized spacial score (nSPS) is 15.6. The SMILES string of the molecule is CN(C)c1ccc([C@@H]2C=C(c3ccccc3)NN2C(=O)c2ccc(Cl)cc2)cc1. The number of carbonyl (C=O) groups is 1. The molecule has 0 spiro atoms. The summed E-state index contributed by atoms with van der Waals surface area (Å²) in [5.41, 5.74) is 7.99. The zero-order chi connectivity index (χ0) is 20.4. The first kappa shape index (κ1) is 19.1. The molecular weight excluding hydrogens is 382 g/mol. The van der Waals surface area contributed by atoms with E-state index in [0.717, 1.165) is 22.5 Å². The Kier molecular flexibility index (Phi) is 5.28. The van der Waals surface area contributed by atoms with Gasteiger partial charge in [0.15, 0.2) is 0 Å². The monoisotopic (exact) mass is 403 g/mol. The smallest absolute Gasteiger partial charge is 0.273 e. The number of rotatable bonds is 4. The third-order valence-corrected chi connectivity index (χ3v) is 5.24. The molecule has 1 atom stereocenters. The van der Waals surface area contributed by atoms with E-state index < -0.39 is 0 Å². The van der Waals surface area contributed by atoms with Crippen molar-refractivity contribution in [3.8, 4) is 0 Å². The molecule has 1 amide bonds. The molecule has 0 aromatic heterocycles. The number of anilines is 1. The van der Waals surface area contributed by atoms with Gasteiger partial charge in [-0.25, -0.2) is 5.01 Å². The number of nitrogens with zero attached hydrogens (tertiary/aromatic N) is 2. The first-order valence-electron chi connectivity index (χ1n) is 9.43. The third-order valence-electron chi connectivity index (χ3n) is 4.99. The first-order valence-corrected chi connectivity index (χ1v) is 9.81. The van der Waals surface area contributed by atoms with Gasteiger partial charge in [-0.05, 0) is 53.6 Å². The van der Waals surface area contributed by atoms with E-state index in [9.17, 15) is 4.79 Å². The largest absolute Gasteiger partial charge is 0.378 e. The van der Waals surface area contributed by atoms with Gasteiger partial charge in [0, 0.05) is 30.4 Å². The Bertz CT molecular complexity index is 1030. The van der Waals surface area contributed by atoms with Crippen LogP contribution in [0.25, 0.3) is 5.70 Å². The fraction of sp³-hybridized carbons (Fsp3) is 0.125. The standard InChI is InChI=1S/C24H22ClN3O/c1-27(2)21-14-10-18(11-15-21)23-16-22(17-6-4-3-5-7-17)26-28(23)24(29)19-8-12-20(25)13-9-19/h3-16,23,26H,1-2H3/t23-/m0/s1. The van der Waals surface area contributed by atoms with Crippen LogP contribution in [0.15, 0.2) is 84.9 Å². The number of hydrogen-bond acceptors (Lipinski definition) is 3. The minimum Gasteiger partial charge on any atom is -0.378 e. The quantitative estimate of drug-likeness (QED) is 0.654. The molecule has 1 heterocycles. The highest BCUT2D eigenvalue weighted by Crippen LogP contribution is 2.33. The molecule has 146 valence electrons. The lowest BCUT2D eigenvalue weighted by Crippen LogP contribution is -2.39. The maximum Gasteiger partial charge on any atom is 0.273 e. The second-order valence-electron chi connectivity index (χ2n) is 7.17. The Balaban J connectivity index is 1.70. The molecule has 4 rings (SSSR count). The van der Waals surface area contributed by atoms with Gasteiger partial charge in [0.25, 0.3) is 5.91 Å². The zero-order valence-electron chi connectivity index (χ0n) is 16.3. The summed E-state index contributed by atoms with van der Waals surface area (Å²) in [6.45, 7) is 0. The zero-order valence-corrected chi connectivity index (χ0v) is 17.1. The maximum absolute atomic E-state index is 13.3. The lowest BCUT2D eigenvalue weighted by molar-refractivity contribution is 0.0672. The van der Waals surface area contributed by atoms with Crippen molar-refractivity contribution in [3.63, 3.8) is 0 Å². The average Bonchev–Trinajstić information content (AvgIpc) is 3.20. The van der Waals surface area contributed by atoms with Gasteiger partial charge in [0.05, 0.1) is 11.7 Å². The van der Waals surface area contributed by atoms with Crippen LogP contribution in [-0.4, -0.2) is 25.0 Å². The predicted molar refractivity (Wildman–Crippen MR) is 119 cm³/mol. The van der Waals surface area contributed by atoms with Crippen LogP contribution in [-0.2, 0) is 0 Å². The number of hydrazine groups is 1. The Hall–Kier alpha value is -3.24. The van der Waals surface area contributed by atoms with E-state index in [0.29, 0.717) is 10.6 Å². The second-order valence-corrected chi connectivity index (χ2v) is 7.61. The number of amides is 1. The molecule has 3 aromatic carbocycles. The van der Waals surface area contributed by atoms with Crippen molar-refractivity contribution in [3.05, 3.63) is 107 Å². The highest BCUT2D eigenvalue weighted by molar-refractivity contribution is 6.30. The van der Waals surface area contributed by atoms with Crippen molar-refractivity contribution >= 4 is 28.9 Å². The van der Waals surface area contributed by atoms with Crippen LogP contribution in [0.4, 0.5) is 5.69 Å². The van der Waals surface area contributed by atoms with E-state index in [-0.39, 0.29) is 11.9 Å². The summed E-state index contributed by atoms with van der Waals surface area (Å²) in [5.74, 6) is -0.106. The lowest BCUT2D eigenvalue weighted by Gasteiger charge is -2.26. The molecule has 0 saturated carbocycles. The van der Waals surface area contributed by atoms with Gasteiger partial charge < -0.3 is 4.90 Å². The Morgan fingerprint density at radius 2 is 1.59 bits per heavy atom. The Labute approximate surface area is 176 Å². The lowest BCUT2D eigenvalue weighted by atomic mass is 10.0. The highest BCUT2D eigenvalue weighted by atomic mass is 35.5. The molecule has 0 fully saturated rings. The Morgan fingerprint density at radius 1 is 0.931 bits per heavy atom. The van der Waals surface area contributed by atoms with Crippen molar-refractivity contribution < 1.29 is 4.79 Å². The van der Waals surface area contributed by atoms with Gasteiger partial charge in [-0.2, -0.15) is 0 Å². The minimum atomic E-state index is -0.218. The van der Waals surface area contributed by atoms with Gasteiger partial charge >= 0.3 is 0 Å². The number of benzene rings is 3.